The number of rotatable bonds is 3. The first-order chi connectivity index (χ1) is 11.2. The molecule has 3 atom stereocenters. The number of hydrogen-bond acceptors (Lipinski definition) is 3. The van der Waals surface area contributed by atoms with Gasteiger partial charge in [0.15, 0.2) is 0 Å². The van der Waals surface area contributed by atoms with E-state index in [-0.39, 0.29) is 11.9 Å². The third-order valence-electron chi connectivity index (χ3n) is 5.39. The van der Waals surface area contributed by atoms with Crippen LogP contribution in [0.1, 0.15) is 50.1 Å². The lowest BCUT2D eigenvalue weighted by molar-refractivity contribution is -0.123. The molecule has 1 amide bonds. The highest BCUT2D eigenvalue weighted by Gasteiger charge is 2.34. The van der Waals surface area contributed by atoms with Crippen molar-refractivity contribution in [1.82, 2.24) is 10.6 Å². The molecule has 3 aliphatic rings. The Hall–Kier alpha value is -0.710. The Morgan fingerprint density at radius 3 is 2.83 bits per heavy atom. The van der Waals surface area contributed by atoms with Gasteiger partial charge < -0.3 is 10.6 Å². The van der Waals surface area contributed by atoms with E-state index in [2.05, 4.69) is 16.7 Å². The Bertz CT molecular complexity index is 597. The fourth-order valence-corrected chi connectivity index (χ4v) is 5.66. The Labute approximate surface area is 146 Å². The van der Waals surface area contributed by atoms with Crippen molar-refractivity contribution in [3.05, 3.63) is 28.8 Å². The quantitative estimate of drug-likeness (QED) is 0.868. The highest BCUT2D eigenvalue weighted by molar-refractivity contribution is 7.99. The molecule has 3 heterocycles. The number of nitrogens with one attached hydrogen (secondary N) is 2. The molecule has 3 nitrogen and oxygen atoms in total. The van der Waals surface area contributed by atoms with E-state index in [0.29, 0.717) is 24.4 Å². The molecule has 23 heavy (non-hydrogen) atoms. The van der Waals surface area contributed by atoms with Crippen LogP contribution < -0.4 is 10.6 Å². The van der Waals surface area contributed by atoms with E-state index in [1.807, 2.05) is 23.9 Å². The van der Waals surface area contributed by atoms with Crippen LogP contribution in [0.15, 0.2) is 23.1 Å². The van der Waals surface area contributed by atoms with Gasteiger partial charge in [-0.05, 0) is 61.8 Å². The first-order valence-corrected chi connectivity index (χ1v) is 10.0. The van der Waals surface area contributed by atoms with Gasteiger partial charge in [-0.2, -0.15) is 0 Å². The number of carbonyl (C=O) groups excluding carboxylic acids is 1. The summed E-state index contributed by atoms with van der Waals surface area (Å²) in [6.45, 7) is 0. The Morgan fingerprint density at radius 2 is 2.04 bits per heavy atom. The fraction of sp³-hybridized carbons (Fsp3) is 0.611. The summed E-state index contributed by atoms with van der Waals surface area (Å²) in [5.41, 5.74) is 1.19. The third kappa shape index (κ3) is 3.54. The topological polar surface area (TPSA) is 41.1 Å². The molecule has 0 aromatic heterocycles. The van der Waals surface area contributed by atoms with Gasteiger partial charge in [-0.25, -0.2) is 0 Å². The zero-order valence-corrected chi connectivity index (χ0v) is 14.8. The fourth-order valence-electron chi connectivity index (χ4n) is 4.37. The van der Waals surface area contributed by atoms with Crippen LogP contribution in [0.25, 0.3) is 0 Å². The van der Waals surface area contributed by atoms with Gasteiger partial charge in [0.05, 0.1) is 6.04 Å². The normalized spacial score (nSPS) is 32.4. The summed E-state index contributed by atoms with van der Waals surface area (Å²) in [7, 11) is 0. The van der Waals surface area contributed by atoms with Crippen molar-refractivity contribution in [1.29, 1.82) is 0 Å². The van der Waals surface area contributed by atoms with Crippen molar-refractivity contribution in [2.75, 3.05) is 5.75 Å². The second kappa shape index (κ2) is 6.66. The zero-order valence-electron chi connectivity index (χ0n) is 13.2. The second-order valence-electron chi connectivity index (χ2n) is 7.12. The molecule has 4 rings (SSSR count). The summed E-state index contributed by atoms with van der Waals surface area (Å²) in [4.78, 5) is 13.8. The maximum atomic E-state index is 12.5. The molecule has 2 fully saturated rings. The number of piperidine rings is 1. The van der Waals surface area contributed by atoms with Gasteiger partial charge in [0, 0.05) is 34.2 Å². The van der Waals surface area contributed by atoms with Crippen molar-refractivity contribution in [3.63, 3.8) is 0 Å². The lowest BCUT2D eigenvalue weighted by Crippen LogP contribution is -2.40. The summed E-state index contributed by atoms with van der Waals surface area (Å²) in [6, 6.07) is 7.44. The van der Waals surface area contributed by atoms with E-state index < -0.39 is 0 Å². The maximum absolute atomic E-state index is 12.5. The monoisotopic (exact) mass is 350 g/mol. The summed E-state index contributed by atoms with van der Waals surface area (Å²) in [5, 5.41) is 7.66. The number of carbonyl (C=O) groups is 1. The van der Waals surface area contributed by atoms with Gasteiger partial charge >= 0.3 is 0 Å². The number of thioether (sulfide) groups is 1. The van der Waals surface area contributed by atoms with E-state index in [9.17, 15) is 4.79 Å². The molecule has 0 radical (unpaired) electrons. The molecule has 2 N–H and O–H groups in total. The van der Waals surface area contributed by atoms with Gasteiger partial charge in [-0.3, -0.25) is 4.79 Å². The average Bonchev–Trinajstić information content (AvgIpc) is 2.86. The van der Waals surface area contributed by atoms with Crippen LogP contribution in [0.5, 0.6) is 0 Å². The molecule has 124 valence electrons. The minimum Gasteiger partial charge on any atom is -0.349 e. The lowest BCUT2D eigenvalue weighted by Gasteiger charge is -2.30. The Morgan fingerprint density at radius 1 is 1.26 bits per heavy atom. The maximum Gasteiger partial charge on any atom is 0.220 e. The highest BCUT2D eigenvalue weighted by Crippen LogP contribution is 2.38. The van der Waals surface area contributed by atoms with E-state index in [1.165, 1.54) is 23.3 Å². The van der Waals surface area contributed by atoms with Gasteiger partial charge in [-0.15, -0.1) is 11.8 Å². The van der Waals surface area contributed by atoms with Crippen molar-refractivity contribution >= 4 is 29.3 Å². The molecule has 2 bridgehead atoms. The summed E-state index contributed by atoms with van der Waals surface area (Å²) >= 11 is 8.00. The Kier molecular flexibility index (Phi) is 4.57. The molecule has 3 aliphatic heterocycles. The standard InChI is InChI=1S/C18H23ClN2OS/c19-12-1-4-17-15(10-12)16(5-6-23-17)21-18(22)9-11-7-13-2-3-14(8-11)20-13/h1,4,10-11,13-14,16,20H,2-3,5-9H2,(H,21,22). The van der Waals surface area contributed by atoms with Gasteiger partial charge in [0.1, 0.15) is 0 Å². The number of amides is 1. The van der Waals surface area contributed by atoms with Crippen LogP contribution in [0.3, 0.4) is 0 Å². The first-order valence-electron chi connectivity index (χ1n) is 8.65. The van der Waals surface area contributed by atoms with Crippen LogP contribution in [0.4, 0.5) is 0 Å². The minimum atomic E-state index is 0.121. The van der Waals surface area contributed by atoms with Crippen molar-refractivity contribution in [3.8, 4) is 0 Å². The first kappa shape index (κ1) is 15.8. The van der Waals surface area contributed by atoms with E-state index in [0.717, 1.165) is 30.0 Å². The minimum absolute atomic E-state index is 0.121. The zero-order chi connectivity index (χ0) is 15.8. The summed E-state index contributed by atoms with van der Waals surface area (Å²) in [5.74, 6) is 1.81. The number of hydrogen-bond donors (Lipinski definition) is 2. The smallest absolute Gasteiger partial charge is 0.220 e. The number of halogens is 1. The van der Waals surface area contributed by atoms with Crippen molar-refractivity contribution in [2.45, 2.75) is 61.5 Å². The Balaban J connectivity index is 1.39. The molecule has 0 aliphatic carbocycles. The molecule has 3 unspecified atom stereocenters. The van der Waals surface area contributed by atoms with Crippen molar-refractivity contribution < 1.29 is 4.79 Å². The molecule has 1 aromatic rings. The average molecular weight is 351 g/mol. The van der Waals surface area contributed by atoms with Crippen LogP contribution in [-0.4, -0.2) is 23.7 Å². The van der Waals surface area contributed by atoms with Crippen LogP contribution >= 0.6 is 23.4 Å². The van der Waals surface area contributed by atoms with Crippen LogP contribution in [-0.2, 0) is 4.79 Å². The predicted molar refractivity (Wildman–Crippen MR) is 95.0 cm³/mol. The number of benzene rings is 1. The molecular weight excluding hydrogens is 328 g/mol. The van der Waals surface area contributed by atoms with Crippen LogP contribution in [0, 0.1) is 5.92 Å². The molecule has 0 spiro atoms. The van der Waals surface area contributed by atoms with Gasteiger partial charge in [0.25, 0.3) is 0 Å². The second-order valence-corrected chi connectivity index (χ2v) is 8.69. The summed E-state index contributed by atoms with van der Waals surface area (Å²) < 4.78 is 0. The molecule has 0 saturated carbocycles. The van der Waals surface area contributed by atoms with E-state index in [1.54, 1.807) is 0 Å². The van der Waals surface area contributed by atoms with E-state index >= 15 is 0 Å². The molecular formula is C18H23ClN2OS. The molecule has 1 aromatic carbocycles. The number of fused-ring (bicyclic) bond motifs is 3. The van der Waals surface area contributed by atoms with E-state index in [4.69, 9.17) is 11.6 Å². The predicted octanol–water partition coefficient (Wildman–Crippen LogP) is 3.91. The summed E-state index contributed by atoms with van der Waals surface area (Å²) in [6.07, 6.45) is 6.55. The lowest BCUT2D eigenvalue weighted by atomic mass is 9.89. The molecule has 2 saturated heterocycles. The van der Waals surface area contributed by atoms with Crippen LogP contribution in [0.2, 0.25) is 5.02 Å². The largest absolute Gasteiger partial charge is 0.349 e. The van der Waals surface area contributed by atoms with Gasteiger partial charge in [-0.1, -0.05) is 11.6 Å². The highest BCUT2D eigenvalue weighted by atomic mass is 35.5. The van der Waals surface area contributed by atoms with Gasteiger partial charge in [0.2, 0.25) is 5.91 Å². The SMILES string of the molecule is O=C(CC1CC2CCC(C1)N2)NC1CCSc2ccc(Cl)cc21. The van der Waals surface area contributed by atoms with Crippen molar-refractivity contribution in [2.24, 2.45) is 5.92 Å². The third-order valence-corrected chi connectivity index (χ3v) is 6.75. The molecule has 5 heteroatoms.